The normalized spacial score (nSPS) is 10.3. The van der Waals surface area contributed by atoms with Crippen molar-refractivity contribution in [2.45, 2.75) is 13.5 Å². The molecule has 5 heteroatoms. The van der Waals surface area contributed by atoms with E-state index in [1.165, 1.54) is 0 Å². The number of aromatic nitrogens is 1. The molecular formula is C15H17BrN2O2. The lowest BCUT2D eigenvalue weighted by atomic mass is 10.3. The van der Waals surface area contributed by atoms with Crippen LogP contribution in [-0.4, -0.2) is 18.2 Å². The van der Waals surface area contributed by atoms with Gasteiger partial charge in [0.15, 0.2) is 0 Å². The van der Waals surface area contributed by atoms with Gasteiger partial charge >= 0.3 is 0 Å². The Morgan fingerprint density at radius 1 is 1.15 bits per heavy atom. The molecule has 0 aliphatic rings. The van der Waals surface area contributed by atoms with Crippen molar-refractivity contribution >= 4 is 15.9 Å². The van der Waals surface area contributed by atoms with Gasteiger partial charge in [-0.05, 0) is 37.3 Å². The predicted molar refractivity (Wildman–Crippen MR) is 82.0 cm³/mol. The summed E-state index contributed by atoms with van der Waals surface area (Å²) in [6.07, 6.45) is 0. The highest BCUT2D eigenvalue weighted by Gasteiger charge is 2.04. The maximum Gasteiger partial charge on any atom is 0.142 e. The summed E-state index contributed by atoms with van der Waals surface area (Å²) in [6, 6.07) is 11.5. The Kier molecular flexibility index (Phi) is 5.38. The number of hydrogen-bond acceptors (Lipinski definition) is 4. The van der Waals surface area contributed by atoms with Crippen LogP contribution in [0.3, 0.4) is 0 Å². The van der Waals surface area contributed by atoms with E-state index in [-0.39, 0.29) is 0 Å². The fourth-order valence-corrected chi connectivity index (χ4v) is 2.12. The zero-order valence-electron chi connectivity index (χ0n) is 11.3. The summed E-state index contributed by atoms with van der Waals surface area (Å²) in [5.74, 6) is 1.53. The molecule has 0 amide bonds. The van der Waals surface area contributed by atoms with Crippen LogP contribution in [0.4, 0.5) is 0 Å². The van der Waals surface area contributed by atoms with Gasteiger partial charge in [0, 0.05) is 16.7 Å². The zero-order chi connectivity index (χ0) is 14.4. The molecule has 1 heterocycles. The summed E-state index contributed by atoms with van der Waals surface area (Å²) in [6.45, 7) is 3.21. The van der Waals surface area contributed by atoms with Crippen LogP contribution in [0.1, 0.15) is 11.4 Å². The second-order valence-corrected chi connectivity index (χ2v) is 5.17. The third kappa shape index (κ3) is 4.21. The van der Waals surface area contributed by atoms with Gasteiger partial charge in [-0.25, -0.2) is 0 Å². The quantitative estimate of drug-likeness (QED) is 0.823. The van der Waals surface area contributed by atoms with Gasteiger partial charge in [0.2, 0.25) is 0 Å². The average molecular weight is 337 g/mol. The molecule has 0 bridgehead atoms. The predicted octanol–water partition coefficient (Wildman–Crippen LogP) is 3.07. The van der Waals surface area contributed by atoms with Crippen LogP contribution in [0.2, 0.25) is 0 Å². The van der Waals surface area contributed by atoms with E-state index in [1.807, 2.05) is 43.3 Å². The molecule has 106 valence electrons. The number of pyridine rings is 1. The van der Waals surface area contributed by atoms with Gasteiger partial charge in [0.1, 0.15) is 24.7 Å². The second-order valence-electron chi connectivity index (χ2n) is 4.26. The van der Waals surface area contributed by atoms with Crippen LogP contribution >= 0.6 is 15.9 Å². The first-order valence-electron chi connectivity index (χ1n) is 6.37. The van der Waals surface area contributed by atoms with Crippen molar-refractivity contribution in [3.63, 3.8) is 0 Å². The van der Waals surface area contributed by atoms with Gasteiger partial charge in [-0.15, -0.1) is 0 Å². The highest BCUT2D eigenvalue weighted by Crippen LogP contribution is 2.18. The van der Waals surface area contributed by atoms with Gasteiger partial charge in [-0.3, -0.25) is 4.98 Å². The van der Waals surface area contributed by atoms with Gasteiger partial charge in [0.25, 0.3) is 0 Å². The number of rotatable bonds is 6. The third-order valence-corrected chi connectivity index (χ3v) is 3.16. The SMILES string of the molecule is Cc1ccc(OCCOc2cccc(Br)c2)c(CN)n1. The first-order valence-corrected chi connectivity index (χ1v) is 7.16. The van der Waals surface area contributed by atoms with Crippen LogP contribution < -0.4 is 15.2 Å². The number of halogens is 1. The van der Waals surface area contributed by atoms with E-state index in [1.54, 1.807) is 0 Å². The molecule has 2 aromatic rings. The van der Waals surface area contributed by atoms with E-state index < -0.39 is 0 Å². The molecular weight excluding hydrogens is 320 g/mol. The fourth-order valence-electron chi connectivity index (χ4n) is 1.74. The summed E-state index contributed by atoms with van der Waals surface area (Å²) in [5, 5.41) is 0. The summed E-state index contributed by atoms with van der Waals surface area (Å²) in [5.41, 5.74) is 7.36. The molecule has 0 fully saturated rings. The maximum absolute atomic E-state index is 5.66. The summed E-state index contributed by atoms with van der Waals surface area (Å²) in [4.78, 5) is 4.34. The van der Waals surface area contributed by atoms with Crippen molar-refractivity contribution in [1.29, 1.82) is 0 Å². The Morgan fingerprint density at radius 3 is 2.70 bits per heavy atom. The fraction of sp³-hybridized carbons (Fsp3) is 0.267. The number of benzene rings is 1. The molecule has 2 rings (SSSR count). The second kappa shape index (κ2) is 7.26. The number of ether oxygens (including phenoxy) is 2. The molecule has 0 aliphatic heterocycles. The van der Waals surface area contributed by atoms with Gasteiger partial charge in [-0.1, -0.05) is 22.0 Å². The molecule has 0 unspecified atom stereocenters. The van der Waals surface area contributed by atoms with E-state index in [0.717, 1.165) is 27.4 Å². The van der Waals surface area contributed by atoms with E-state index in [2.05, 4.69) is 20.9 Å². The monoisotopic (exact) mass is 336 g/mol. The lowest BCUT2D eigenvalue weighted by Gasteiger charge is -2.11. The molecule has 0 radical (unpaired) electrons. The largest absolute Gasteiger partial charge is 0.490 e. The van der Waals surface area contributed by atoms with Crippen molar-refractivity contribution < 1.29 is 9.47 Å². The highest BCUT2D eigenvalue weighted by molar-refractivity contribution is 9.10. The Balaban J connectivity index is 1.84. The molecule has 0 saturated carbocycles. The van der Waals surface area contributed by atoms with Crippen molar-refractivity contribution in [3.05, 3.63) is 52.3 Å². The average Bonchev–Trinajstić information content (AvgIpc) is 2.45. The minimum absolute atomic E-state index is 0.365. The van der Waals surface area contributed by atoms with Crippen LogP contribution in [0.5, 0.6) is 11.5 Å². The van der Waals surface area contributed by atoms with E-state index >= 15 is 0 Å². The van der Waals surface area contributed by atoms with E-state index in [0.29, 0.717) is 19.8 Å². The Labute approximate surface area is 127 Å². The van der Waals surface area contributed by atoms with Crippen LogP contribution in [0, 0.1) is 6.92 Å². The van der Waals surface area contributed by atoms with Gasteiger partial charge in [0.05, 0.1) is 5.69 Å². The van der Waals surface area contributed by atoms with E-state index in [9.17, 15) is 0 Å². The zero-order valence-corrected chi connectivity index (χ0v) is 12.9. The first kappa shape index (κ1) is 14.8. The summed E-state index contributed by atoms with van der Waals surface area (Å²) in [7, 11) is 0. The van der Waals surface area contributed by atoms with Crippen LogP contribution in [0.15, 0.2) is 40.9 Å². The third-order valence-electron chi connectivity index (χ3n) is 2.67. The van der Waals surface area contributed by atoms with Crippen molar-refractivity contribution in [1.82, 2.24) is 4.98 Å². The number of aryl methyl sites for hydroxylation is 1. The molecule has 0 atom stereocenters. The number of nitrogens with zero attached hydrogens (tertiary/aromatic N) is 1. The highest BCUT2D eigenvalue weighted by atomic mass is 79.9. The van der Waals surface area contributed by atoms with Crippen molar-refractivity contribution in [3.8, 4) is 11.5 Å². The first-order chi connectivity index (χ1) is 9.69. The van der Waals surface area contributed by atoms with Crippen LogP contribution in [0.25, 0.3) is 0 Å². The lowest BCUT2D eigenvalue weighted by molar-refractivity contribution is 0.215. The van der Waals surface area contributed by atoms with Crippen LogP contribution in [-0.2, 0) is 6.54 Å². The standard InChI is InChI=1S/C15H17BrN2O2/c1-11-5-6-15(14(10-17)18-11)20-8-7-19-13-4-2-3-12(16)9-13/h2-6,9H,7-8,10,17H2,1H3. The van der Waals surface area contributed by atoms with E-state index in [4.69, 9.17) is 15.2 Å². The Morgan fingerprint density at radius 2 is 1.95 bits per heavy atom. The molecule has 2 N–H and O–H groups in total. The molecule has 4 nitrogen and oxygen atoms in total. The minimum Gasteiger partial charge on any atom is -0.490 e. The summed E-state index contributed by atoms with van der Waals surface area (Å²) < 4.78 is 12.2. The summed E-state index contributed by atoms with van der Waals surface area (Å²) >= 11 is 3.40. The number of hydrogen-bond donors (Lipinski definition) is 1. The van der Waals surface area contributed by atoms with Crippen molar-refractivity contribution in [2.24, 2.45) is 5.73 Å². The Bertz CT molecular complexity index is 576. The smallest absolute Gasteiger partial charge is 0.142 e. The number of nitrogens with two attached hydrogens (primary N) is 1. The Hall–Kier alpha value is -1.59. The molecule has 0 aliphatic carbocycles. The van der Waals surface area contributed by atoms with Crippen molar-refractivity contribution in [2.75, 3.05) is 13.2 Å². The minimum atomic E-state index is 0.365. The maximum atomic E-state index is 5.66. The van der Waals surface area contributed by atoms with Gasteiger partial charge < -0.3 is 15.2 Å². The topological polar surface area (TPSA) is 57.4 Å². The molecule has 1 aromatic heterocycles. The molecule has 1 aromatic carbocycles. The lowest BCUT2D eigenvalue weighted by Crippen LogP contribution is -2.12. The molecule has 0 saturated heterocycles. The van der Waals surface area contributed by atoms with Gasteiger partial charge in [-0.2, -0.15) is 0 Å². The molecule has 20 heavy (non-hydrogen) atoms. The molecule has 0 spiro atoms.